The molecule has 2 aromatic carbocycles. The Hall–Kier alpha value is -2.38. The molecule has 0 aliphatic carbocycles. The molecule has 1 heterocycles. The zero-order valence-electron chi connectivity index (χ0n) is 20.0. The van der Waals surface area contributed by atoms with Crippen LogP contribution in [-0.4, -0.2) is 51.2 Å². The largest absolute Gasteiger partial charge is 0.437 e. The summed E-state index contributed by atoms with van der Waals surface area (Å²) in [6.07, 6.45) is -0.523. The Balaban J connectivity index is 1.97. The molecule has 3 rings (SSSR count). The van der Waals surface area contributed by atoms with E-state index in [0.29, 0.717) is 36.3 Å². The van der Waals surface area contributed by atoms with Crippen LogP contribution in [0.3, 0.4) is 0 Å². The Morgan fingerprint density at radius 1 is 1.03 bits per heavy atom. The molecule has 7 heteroatoms. The van der Waals surface area contributed by atoms with Gasteiger partial charge >= 0.3 is 0 Å². The molecule has 0 spiro atoms. The van der Waals surface area contributed by atoms with Crippen LogP contribution in [0.25, 0.3) is 11.3 Å². The smallest absolute Gasteiger partial charge is 0.222 e. The summed E-state index contributed by atoms with van der Waals surface area (Å²) >= 11 is 6.38. The van der Waals surface area contributed by atoms with E-state index in [1.54, 1.807) is 10.7 Å². The third-order valence-electron chi connectivity index (χ3n) is 5.34. The number of rotatable bonds is 11. The Bertz CT molecular complexity index is 1020. The zero-order chi connectivity index (χ0) is 24.0. The summed E-state index contributed by atoms with van der Waals surface area (Å²) in [6.45, 7) is 9.47. The average Bonchev–Trinajstić information content (AvgIpc) is 3.09. The Morgan fingerprint density at radius 3 is 2.33 bits per heavy atom. The normalized spacial score (nSPS) is 12.7. The fraction of sp³-hybridized carbons (Fsp3) is 0.423. The van der Waals surface area contributed by atoms with E-state index in [9.17, 15) is 5.11 Å². The first kappa shape index (κ1) is 25.2. The van der Waals surface area contributed by atoms with Crippen LogP contribution in [0.5, 0.6) is 11.6 Å². The predicted molar refractivity (Wildman–Crippen MR) is 133 cm³/mol. The maximum absolute atomic E-state index is 10.6. The maximum Gasteiger partial charge on any atom is 0.222 e. The molecule has 1 N–H and O–H groups in total. The first-order valence-corrected chi connectivity index (χ1v) is 11.7. The van der Waals surface area contributed by atoms with E-state index in [0.717, 1.165) is 16.8 Å². The van der Waals surface area contributed by atoms with Crippen molar-refractivity contribution in [2.75, 3.05) is 13.2 Å². The molecule has 0 aliphatic rings. The van der Waals surface area contributed by atoms with Crippen molar-refractivity contribution in [3.05, 3.63) is 65.2 Å². The third kappa shape index (κ3) is 6.81. The van der Waals surface area contributed by atoms with E-state index in [1.807, 2.05) is 69.4 Å². The molecule has 0 fully saturated rings. The van der Waals surface area contributed by atoms with Gasteiger partial charge in [0.2, 0.25) is 5.88 Å². The van der Waals surface area contributed by atoms with Crippen LogP contribution >= 0.6 is 11.6 Å². The summed E-state index contributed by atoms with van der Waals surface area (Å²) in [6, 6.07) is 17.6. The molecule has 0 bridgehead atoms. The minimum absolute atomic E-state index is 0.0748. The molecular formula is C26H34ClN3O3. The number of ether oxygens (including phenoxy) is 2. The number of nitrogens with zero attached hydrogens (tertiary/aromatic N) is 3. The average molecular weight is 472 g/mol. The second kappa shape index (κ2) is 11.7. The molecule has 0 amide bonds. The van der Waals surface area contributed by atoms with Crippen molar-refractivity contribution in [2.45, 2.75) is 52.5 Å². The van der Waals surface area contributed by atoms with Crippen molar-refractivity contribution < 1.29 is 14.6 Å². The summed E-state index contributed by atoms with van der Waals surface area (Å²) in [5.41, 5.74) is 2.79. The van der Waals surface area contributed by atoms with E-state index in [2.05, 4.69) is 18.7 Å². The standard InChI is InChI=1S/C26H34ClN3O3/c1-18(2)30(15-21(31)17-32-19(3)4)16-22-25(20-11-7-6-8-12-20)28-29(5)26(22)33-24-14-10-9-13-23(24)27/h6-14,18-19,21,31H,15-17H2,1-5H3. The van der Waals surface area contributed by atoms with E-state index in [1.165, 1.54) is 0 Å². The molecule has 0 saturated carbocycles. The zero-order valence-corrected chi connectivity index (χ0v) is 20.8. The van der Waals surface area contributed by atoms with Gasteiger partial charge in [-0.05, 0) is 39.8 Å². The van der Waals surface area contributed by atoms with Gasteiger partial charge in [-0.1, -0.05) is 54.1 Å². The minimum atomic E-state index is -0.598. The first-order valence-electron chi connectivity index (χ1n) is 11.3. The minimum Gasteiger partial charge on any atom is -0.437 e. The van der Waals surface area contributed by atoms with Gasteiger partial charge in [-0.15, -0.1) is 0 Å². The van der Waals surface area contributed by atoms with Crippen molar-refractivity contribution in [2.24, 2.45) is 7.05 Å². The monoisotopic (exact) mass is 471 g/mol. The molecule has 1 unspecified atom stereocenters. The van der Waals surface area contributed by atoms with Crippen molar-refractivity contribution in [3.63, 3.8) is 0 Å². The Morgan fingerprint density at radius 2 is 1.70 bits per heavy atom. The highest BCUT2D eigenvalue weighted by molar-refractivity contribution is 6.32. The lowest BCUT2D eigenvalue weighted by molar-refractivity contribution is -0.0137. The lowest BCUT2D eigenvalue weighted by atomic mass is 10.1. The number of hydrogen-bond donors (Lipinski definition) is 1. The van der Waals surface area contributed by atoms with Gasteiger partial charge in [-0.25, -0.2) is 4.68 Å². The number of aliphatic hydroxyl groups is 1. The SMILES string of the molecule is CC(C)OCC(O)CN(Cc1c(-c2ccccc2)nn(C)c1Oc1ccccc1Cl)C(C)C. The van der Waals surface area contributed by atoms with Crippen LogP contribution < -0.4 is 4.74 Å². The van der Waals surface area contributed by atoms with Gasteiger partial charge in [0.05, 0.1) is 29.4 Å². The summed E-state index contributed by atoms with van der Waals surface area (Å²) in [7, 11) is 1.87. The number of aromatic nitrogens is 2. The second-order valence-electron chi connectivity index (χ2n) is 8.71. The highest BCUT2D eigenvalue weighted by Crippen LogP contribution is 2.36. The van der Waals surface area contributed by atoms with E-state index in [4.69, 9.17) is 26.2 Å². The quantitative estimate of drug-likeness (QED) is 0.398. The fourth-order valence-electron chi connectivity index (χ4n) is 3.57. The van der Waals surface area contributed by atoms with Crippen molar-refractivity contribution in [1.29, 1.82) is 0 Å². The van der Waals surface area contributed by atoms with Crippen LogP contribution in [-0.2, 0) is 18.3 Å². The summed E-state index contributed by atoms with van der Waals surface area (Å²) in [5, 5.41) is 15.9. The molecule has 1 atom stereocenters. The number of benzene rings is 2. The number of para-hydroxylation sites is 1. The summed E-state index contributed by atoms with van der Waals surface area (Å²) in [5.74, 6) is 1.20. The van der Waals surface area contributed by atoms with Crippen LogP contribution in [0, 0.1) is 0 Å². The van der Waals surface area contributed by atoms with E-state index >= 15 is 0 Å². The Labute approximate surface area is 201 Å². The molecule has 3 aromatic rings. The Kier molecular flexibility index (Phi) is 8.92. The third-order valence-corrected chi connectivity index (χ3v) is 5.65. The highest BCUT2D eigenvalue weighted by Gasteiger charge is 2.25. The molecule has 0 aliphatic heterocycles. The van der Waals surface area contributed by atoms with Gasteiger partial charge < -0.3 is 14.6 Å². The topological polar surface area (TPSA) is 59.8 Å². The van der Waals surface area contributed by atoms with Crippen LogP contribution in [0.2, 0.25) is 5.02 Å². The van der Waals surface area contributed by atoms with Crippen LogP contribution in [0.1, 0.15) is 33.3 Å². The van der Waals surface area contributed by atoms with E-state index < -0.39 is 6.10 Å². The summed E-state index contributed by atoms with van der Waals surface area (Å²) < 4.78 is 13.7. The number of halogens is 1. The number of hydrogen-bond acceptors (Lipinski definition) is 5. The van der Waals surface area contributed by atoms with Gasteiger partial charge in [0.25, 0.3) is 0 Å². The fourth-order valence-corrected chi connectivity index (χ4v) is 3.74. The molecule has 0 radical (unpaired) electrons. The number of aliphatic hydroxyl groups excluding tert-OH is 1. The molecule has 1 aromatic heterocycles. The van der Waals surface area contributed by atoms with Gasteiger partial charge in [-0.3, -0.25) is 4.90 Å². The van der Waals surface area contributed by atoms with Gasteiger partial charge in [0.1, 0.15) is 11.4 Å². The maximum atomic E-state index is 10.6. The second-order valence-corrected chi connectivity index (χ2v) is 9.12. The summed E-state index contributed by atoms with van der Waals surface area (Å²) in [4.78, 5) is 2.21. The van der Waals surface area contributed by atoms with Gasteiger partial charge in [0, 0.05) is 31.7 Å². The van der Waals surface area contributed by atoms with Crippen molar-refractivity contribution >= 4 is 11.6 Å². The molecule has 6 nitrogen and oxygen atoms in total. The molecule has 178 valence electrons. The molecule has 33 heavy (non-hydrogen) atoms. The number of aryl methyl sites for hydroxylation is 1. The highest BCUT2D eigenvalue weighted by atomic mass is 35.5. The van der Waals surface area contributed by atoms with Crippen LogP contribution in [0.15, 0.2) is 54.6 Å². The molecule has 0 saturated heterocycles. The predicted octanol–water partition coefficient (Wildman–Crippen LogP) is 5.53. The molecular weight excluding hydrogens is 438 g/mol. The lowest BCUT2D eigenvalue weighted by Crippen LogP contribution is -2.39. The van der Waals surface area contributed by atoms with E-state index in [-0.39, 0.29) is 12.1 Å². The lowest BCUT2D eigenvalue weighted by Gasteiger charge is -2.29. The van der Waals surface area contributed by atoms with Crippen molar-refractivity contribution in [3.8, 4) is 22.9 Å². The van der Waals surface area contributed by atoms with Gasteiger partial charge in [-0.2, -0.15) is 5.10 Å². The van der Waals surface area contributed by atoms with Crippen molar-refractivity contribution in [1.82, 2.24) is 14.7 Å². The van der Waals surface area contributed by atoms with Crippen LogP contribution in [0.4, 0.5) is 0 Å². The van der Waals surface area contributed by atoms with Gasteiger partial charge in [0.15, 0.2) is 0 Å². The first-order chi connectivity index (χ1) is 15.8.